The van der Waals surface area contributed by atoms with Crippen molar-refractivity contribution in [2.45, 2.75) is 25.2 Å². The Morgan fingerprint density at radius 1 is 1.03 bits per heavy atom. The van der Waals surface area contributed by atoms with Crippen LogP contribution in [0.25, 0.3) is 10.9 Å². The number of benzene rings is 2. The monoisotopic (exact) mass is 423 g/mol. The van der Waals surface area contributed by atoms with Crippen LogP contribution < -0.4 is 5.32 Å². The molecule has 6 nitrogen and oxygen atoms in total. The van der Waals surface area contributed by atoms with Gasteiger partial charge in [-0.25, -0.2) is 8.42 Å². The number of carbonyl (C=O) groups excluding carboxylic acids is 1. The molecule has 0 spiro atoms. The Morgan fingerprint density at radius 3 is 2.50 bits per heavy atom. The van der Waals surface area contributed by atoms with Crippen molar-refractivity contribution in [1.29, 1.82) is 0 Å². The molecule has 0 aliphatic carbocycles. The molecule has 0 bridgehead atoms. The average molecular weight is 424 g/mol. The molecule has 1 aliphatic heterocycles. The molecular weight excluding hydrogens is 398 g/mol. The maximum absolute atomic E-state index is 13.2. The summed E-state index contributed by atoms with van der Waals surface area (Å²) in [7, 11) is -3.65. The zero-order valence-electron chi connectivity index (χ0n) is 17.1. The van der Waals surface area contributed by atoms with Crippen LogP contribution in [-0.2, 0) is 10.0 Å². The summed E-state index contributed by atoms with van der Waals surface area (Å²) >= 11 is 0. The number of aromatic nitrogens is 1. The molecule has 2 aromatic carbocycles. The van der Waals surface area contributed by atoms with Crippen molar-refractivity contribution in [3.8, 4) is 0 Å². The van der Waals surface area contributed by atoms with Crippen LogP contribution in [0.3, 0.4) is 0 Å². The highest BCUT2D eigenvalue weighted by Crippen LogP contribution is 2.27. The summed E-state index contributed by atoms with van der Waals surface area (Å²) in [6.07, 6.45) is 2.69. The van der Waals surface area contributed by atoms with Crippen LogP contribution in [0.5, 0.6) is 0 Å². The van der Waals surface area contributed by atoms with Crippen molar-refractivity contribution in [1.82, 2.24) is 9.29 Å². The number of hydrogen-bond donors (Lipinski definition) is 1. The van der Waals surface area contributed by atoms with Crippen LogP contribution in [0.1, 0.15) is 30.6 Å². The minimum absolute atomic E-state index is 0.146. The first-order chi connectivity index (χ1) is 14.3. The van der Waals surface area contributed by atoms with E-state index in [9.17, 15) is 13.2 Å². The van der Waals surface area contributed by atoms with Gasteiger partial charge in [0, 0.05) is 30.2 Å². The smallest absolute Gasteiger partial charge is 0.255 e. The van der Waals surface area contributed by atoms with Crippen molar-refractivity contribution < 1.29 is 13.2 Å². The SMILES string of the molecule is CC1CC(C)CN(S(=O)(=O)c2cccc(C(=O)Nc3cccc4cccnc34)c2)C1. The third-order valence-corrected chi connectivity index (χ3v) is 7.28. The van der Waals surface area contributed by atoms with Gasteiger partial charge in [0.15, 0.2) is 0 Å². The zero-order chi connectivity index (χ0) is 21.3. The second kappa shape index (κ2) is 8.16. The predicted octanol–water partition coefficient (Wildman–Crippen LogP) is 4.15. The highest BCUT2D eigenvalue weighted by Gasteiger charge is 2.32. The molecule has 7 heteroatoms. The topological polar surface area (TPSA) is 79.4 Å². The van der Waals surface area contributed by atoms with Gasteiger partial charge in [0.25, 0.3) is 5.91 Å². The van der Waals surface area contributed by atoms with Gasteiger partial charge in [-0.1, -0.05) is 38.1 Å². The van der Waals surface area contributed by atoms with Crippen molar-refractivity contribution in [3.63, 3.8) is 0 Å². The highest BCUT2D eigenvalue weighted by molar-refractivity contribution is 7.89. The molecule has 0 radical (unpaired) electrons. The van der Waals surface area contributed by atoms with E-state index in [-0.39, 0.29) is 10.8 Å². The number of hydrogen-bond acceptors (Lipinski definition) is 4. The number of nitrogens with one attached hydrogen (secondary N) is 1. The van der Waals surface area contributed by atoms with Gasteiger partial charge in [-0.3, -0.25) is 9.78 Å². The number of fused-ring (bicyclic) bond motifs is 1. The summed E-state index contributed by atoms with van der Waals surface area (Å²) < 4.78 is 27.9. The minimum atomic E-state index is -3.65. The average Bonchev–Trinajstić information content (AvgIpc) is 2.73. The van der Waals surface area contributed by atoms with Gasteiger partial charge in [-0.05, 0) is 48.6 Å². The maximum Gasteiger partial charge on any atom is 0.255 e. The summed E-state index contributed by atoms with van der Waals surface area (Å²) in [5.74, 6) is 0.258. The van der Waals surface area contributed by atoms with Gasteiger partial charge < -0.3 is 5.32 Å². The molecule has 4 rings (SSSR count). The molecule has 1 fully saturated rings. The number of pyridine rings is 1. The molecule has 1 aliphatic rings. The minimum Gasteiger partial charge on any atom is -0.320 e. The Labute approximate surface area is 177 Å². The molecule has 2 atom stereocenters. The van der Waals surface area contributed by atoms with Gasteiger partial charge in [0.2, 0.25) is 10.0 Å². The summed E-state index contributed by atoms with van der Waals surface area (Å²) in [4.78, 5) is 17.4. The molecule has 3 aromatic rings. The van der Waals surface area contributed by atoms with Gasteiger partial charge >= 0.3 is 0 Å². The lowest BCUT2D eigenvalue weighted by Gasteiger charge is -2.34. The van der Waals surface area contributed by atoms with Crippen molar-refractivity contribution in [3.05, 3.63) is 66.4 Å². The first kappa shape index (κ1) is 20.5. The number of para-hydroxylation sites is 1. The normalized spacial score (nSPS) is 20.2. The van der Waals surface area contributed by atoms with Gasteiger partial charge in [0.1, 0.15) is 0 Å². The lowest BCUT2D eigenvalue weighted by molar-refractivity contribution is 0.102. The van der Waals surface area contributed by atoms with E-state index in [1.807, 2.05) is 24.3 Å². The number of carbonyl (C=O) groups is 1. The number of sulfonamides is 1. The van der Waals surface area contributed by atoms with Gasteiger partial charge in [-0.15, -0.1) is 0 Å². The summed E-state index contributed by atoms with van der Waals surface area (Å²) in [5, 5.41) is 3.78. The molecule has 2 unspecified atom stereocenters. The van der Waals surface area contributed by atoms with Crippen LogP contribution >= 0.6 is 0 Å². The Morgan fingerprint density at radius 2 is 1.73 bits per heavy atom. The highest BCUT2D eigenvalue weighted by atomic mass is 32.2. The predicted molar refractivity (Wildman–Crippen MR) is 118 cm³/mol. The Balaban J connectivity index is 1.60. The van der Waals surface area contributed by atoms with E-state index < -0.39 is 10.0 Å². The number of amides is 1. The quantitative estimate of drug-likeness (QED) is 0.684. The molecule has 1 N–H and O–H groups in total. The maximum atomic E-state index is 13.2. The fourth-order valence-corrected chi connectivity index (χ4v) is 5.87. The fraction of sp³-hybridized carbons (Fsp3) is 0.304. The van der Waals surface area contributed by atoms with E-state index >= 15 is 0 Å². The van der Waals surface area contributed by atoms with E-state index in [4.69, 9.17) is 0 Å². The van der Waals surface area contributed by atoms with Crippen LogP contribution in [0.4, 0.5) is 5.69 Å². The molecule has 0 saturated carbocycles. The molecule has 156 valence electrons. The summed E-state index contributed by atoms with van der Waals surface area (Å²) in [6.45, 7) is 5.15. The summed E-state index contributed by atoms with van der Waals surface area (Å²) in [6, 6.07) is 15.5. The number of rotatable bonds is 4. The van der Waals surface area contributed by atoms with E-state index in [2.05, 4.69) is 24.1 Å². The lowest BCUT2D eigenvalue weighted by Crippen LogP contribution is -2.42. The first-order valence-corrected chi connectivity index (χ1v) is 11.5. The van der Waals surface area contributed by atoms with Gasteiger partial charge in [0.05, 0.1) is 16.1 Å². The third kappa shape index (κ3) is 4.08. The van der Waals surface area contributed by atoms with E-state index in [0.717, 1.165) is 11.8 Å². The first-order valence-electron chi connectivity index (χ1n) is 10.1. The van der Waals surface area contributed by atoms with Crippen LogP contribution in [0, 0.1) is 11.8 Å². The number of nitrogens with zero attached hydrogens (tertiary/aromatic N) is 2. The molecule has 1 saturated heterocycles. The molecule has 1 amide bonds. The van der Waals surface area contributed by atoms with E-state index in [1.165, 1.54) is 10.4 Å². The fourth-order valence-electron chi connectivity index (χ4n) is 4.15. The Bertz CT molecular complexity index is 1180. The summed E-state index contributed by atoms with van der Waals surface area (Å²) in [5.41, 5.74) is 1.57. The largest absolute Gasteiger partial charge is 0.320 e. The number of piperidine rings is 1. The molecule has 1 aromatic heterocycles. The van der Waals surface area contributed by atoms with Crippen molar-refractivity contribution >= 4 is 32.5 Å². The third-order valence-electron chi connectivity index (χ3n) is 5.45. The van der Waals surface area contributed by atoms with E-state index in [0.29, 0.717) is 41.7 Å². The number of anilines is 1. The zero-order valence-corrected chi connectivity index (χ0v) is 17.9. The van der Waals surface area contributed by atoms with Crippen molar-refractivity contribution in [2.24, 2.45) is 11.8 Å². The second-order valence-corrected chi connectivity index (χ2v) is 10.1. The van der Waals surface area contributed by atoms with E-state index in [1.54, 1.807) is 30.5 Å². The lowest BCUT2D eigenvalue weighted by atomic mass is 9.94. The standard InChI is InChI=1S/C23H25N3O3S/c1-16-12-17(2)15-26(14-16)30(28,29)20-9-3-7-19(13-20)23(27)25-21-10-4-6-18-8-5-11-24-22(18)21/h3-11,13,16-17H,12,14-15H2,1-2H3,(H,25,27). The molecule has 2 heterocycles. The molecular formula is C23H25N3O3S. The Hall–Kier alpha value is -2.77. The second-order valence-electron chi connectivity index (χ2n) is 8.13. The van der Waals surface area contributed by atoms with Gasteiger partial charge in [-0.2, -0.15) is 4.31 Å². The van der Waals surface area contributed by atoms with Crippen LogP contribution in [0.2, 0.25) is 0 Å². The Kier molecular flexibility index (Phi) is 5.58. The van der Waals surface area contributed by atoms with Crippen LogP contribution in [0.15, 0.2) is 65.7 Å². The van der Waals surface area contributed by atoms with Crippen LogP contribution in [-0.4, -0.2) is 36.7 Å². The molecule has 30 heavy (non-hydrogen) atoms. The van der Waals surface area contributed by atoms with Crippen molar-refractivity contribution in [2.75, 3.05) is 18.4 Å².